The van der Waals surface area contributed by atoms with Gasteiger partial charge in [-0.2, -0.15) is 5.26 Å². The number of hydrogen-bond donors (Lipinski definition) is 1. The van der Waals surface area contributed by atoms with Gasteiger partial charge in [0.2, 0.25) is 0 Å². The zero-order valence-corrected chi connectivity index (χ0v) is 11.3. The summed E-state index contributed by atoms with van der Waals surface area (Å²) in [6.45, 7) is 2.95. The molecule has 0 aliphatic carbocycles. The fraction of sp³-hybridized carbons (Fsp3) is 0.467. The Balaban J connectivity index is 1.46. The molecule has 5 heteroatoms. The Morgan fingerprint density at radius 3 is 2.65 bits per heavy atom. The summed E-state index contributed by atoms with van der Waals surface area (Å²) in [4.78, 5) is 15.6. The molecule has 0 saturated carbocycles. The van der Waals surface area contributed by atoms with E-state index in [1.54, 1.807) is 4.90 Å². The van der Waals surface area contributed by atoms with Crippen LogP contribution in [0.5, 0.6) is 0 Å². The maximum Gasteiger partial charge on any atom is 0.317 e. The molecule has 5 nitrogen and oxygen atoms in total. The summed E-state index contributed by atoms with van der Waals surface area (Å²) in [7, 11) is 0. The molecule has 1 aromatic carbocycles. The van der Waals surface area contributed by atoms with Crippen LogP contribution in [-0.2, 0) is 0 Å². The van der Waals surface area contributed by atoms with Gasteiger partial charge in [0.25, 0.3) is 0 Å². The fourth-order valence-corrected chi connectivity index (χ4v) is 2.82. The average molecular weight is 270 g/mol. The molecular weight excluding hydrogens is 252 g/mol. The third-order valence-electron chi connectivity index (χ3n) is 4.10. The van der Waals surface area contributed by atoms with Crippen molar-refractivity contribution in [1.29, 1.82) is 5.26 Å². The number of carbonyl (C=O) groups is 1. The van der Waals surface area contributed by atoms with E-state index in [1.165, 1.54) is 5.56 Å². The van der Waals surface area contributed by atoms with Crippen molar-refractivity contribution in [2.24, 2.45) is 0 Å². The SMILES string of the molecule is N#CN1CC[C@@H](NC(=O)N2CC(c3ccccc3)C2)C1. The van der Waals surface area contributed by atoms with Crippen molar-refractivity contribution < 1.29 is 4.79 Å². The summed E-state index contributed by atoms with van der Waals surface area (Å²) >= 11 is 0. The summed E-state index contributed by atoms with van der Waals surface area (Å²) in [5.41, 5.74) is 1.30. The quantitative estimate of drug-likeness (QED) is 0.825. The molecule has 1 atom stereocenters. The van der Waals surface area contributed by atoms with Gasteiger partial charge in [0, 0.05) is 32.1 Å². The molecule has 3 rings (SSSR count). The minimum atomic E-state index is 0.00182. The number of benzene rings is 1. The van der Waals surface area contributed by atoms with Crippen molar-refractivity contribution in [3.05, 3.63) is 35.9 Å². The first-order valence-corrected chi connectivity index (χ1v) is 7.01. The van der Waals surface area contributed by atoms with E-state index in [9.17, 15) is 4.79 Å². The lowest BCUT2D eigenvalue weighted by Crippen LogP contribution is -2.54. The summed E-state index contributed by atoms with van der Waals surface area (Å²) in [6, 6.07) is 10.4. The molecule has 2 aliphatic rings. The average Bonchev–Trinajstić information content (AvgIpc) is 2.86. The summed E-state index contributed by atoms with van der Waals surface area (Å²) in [6.07, 6.45) is 2.98. The smallest absolute Gasteiger partial charge is 0.317 e. The summed E-state index contributed by atoms with van der Waals surface area (Å²) in [5, 5.41) is 11.8. The zero-order chi connectivity index (χ0) is 13.9. The second-order valence-electron chi connectivity index (χ2n) is 5.49. The highest BCUT2D eigenvalue weighted by Crippen LogP contribution is 2.26. The molecule has 0 bridgehead atoms. The minimum absolute atomic E-state index is 0.00182. The molecule has 2 heterocycles. The van der Waals surface area contributed by atoms with E-state index < -0.39 is 0 Å². The van der Waals surface area contributed by atoms with Crippen molar-refractivity contribution in [2.75, 3.05) is 26.2 Å². The number of nitriles is 1. The lowest BCUT2D eigenvalue weighted by molar-refractivity contribution is 0.148. The van der Waals surface area contributed by atoms with Crippen LogP contribution in [0, 0.1) is 11.5 Å². The van der Waals surface area contributed by atoms with Gasteiger partial charge >= 0.3 is 6.03 Å². The number of likely N-dealkylation sites (tertiary alicyclic amines) is 2. The van der Waals surface area contributed by atoms with Gasteiger partial charge in [0.1, 0.15) is 0 Å². The van der Waals surface area contributed by atoms with Gasteiger partial charge in [0.15, 0.2) is 6.19 Å². The van der Waals surface area contributed by atoms with Crippen LogP contribution < -0.4 is 5.32 Å². The lowest BCUT2D eigenvalue weighted by Gasteiger charge is -2.40. The lowest BCUT2D eigenvalue weighted by atomic mass is 9.92. The number of rotatable bonds is 2. The maximum atomic E-state index is 12.1. The third kappa shape index (κ3) is 2.55. The Kier molecular flexibility index (Phi) is 3.46. The summed E-state index contributed by atoms with van der Waals surface area (Å²) < 4.78 is 0. The normalized spacial score (nSPS) is 22.2. The highest BCUT2D eigenvalue weighted by Gasteiger charge is 2.33. The maximum absolute atomic E-state index is 12.1. The highest BCUT2D eigenvalue weighted by atomic mass is 16.2. The van der Waals surface area contributed by atoms with Crippen LogP contribution in [0.2, 0.25) is 0 Å². The summed E-state index contributed by atoms with van der Waals surface area (Å²) in [5.74, 6) is 0.459. The molecule has 2 saturated heterocycles. The van der Waals surface area contributed by atoms with E-state index in [0.717, 1.165) is 26.1 Å². The topological polar surface area (TPSA) is 59.4 Å². The van der Waals surface area contributed by atoms with Crippen molar-refractivity contribution in [2.45, 2.75) is 18.4 Å². The van der Waals surface area contributed by atoms with E-state index in [0.29, 0.717) is 12.5 Å². The largest absolute Gasteiger partial charge is 0.333 e. The number of nitrogens with zero attached hydrogens (tertiary/aromatic N) is 3. The Hall–Kier alpha value is -2.22. The van der Waals surface area contributed by atoms with Gasteiger partial charge in [-0.15, -0.1) is 0 Å². The van der Waals surface area contributed by atoms with Gasteiger partial charge in [-0.05, 0) is 12.0 Å². The van der Waals surface area contributed by atoms with Crippen molar-refractivity contribution in [3.8, 4) is 6.19 Å². The first kappa shape index (κ1) is 12.8. The molecule has 1 aromatic rings. The number of urea groups is 1. The molecule has 2 fully saturated rings. The molecule has 20 heavy (non-hydrogen) atoms. The van der Waals surface area contributed by atoms with Crippen LogP contribution in [0.25, 0.3) is 0 Å². The molecule has 0 unspecified atom stereocenters. The van der Waals surface area contributed by atoms with E-state index in [4.69, 9.17) is 5.26 Å². The Labute approximate surface area is 118 Å². The van der Waals surface area contributed by atoms with Crippen molar-refractivity contribution in [3.63, 3.8) is 0 Å². The first-order valence-electron chi connectivity index (χ1n) is 7.01. The number of nitrogens with one attached hydrogen (secondary N) is 1. The van der Waals surface area contributed by atoms with Gasteiger partial charge in [0.05, 0.1) is 6.04 Å². The van der Waals surface area contributed by atoms with Crippen LogP contribution in [-0.4, -0.2) is 48.1 Å². The third-order valence-corrected chi connectivity index (χ3v) is 4.10. The van der Waals surface area contributed by atoms with Crippen LogP contribution >= 0.6 is 0 Å². The second kappa shape index (κ2) is 5.41. The number of hydrogen-bond acceptors (Lipinski definition) is 3. The Bertz CT molecular complexity index is 518. The fourth-order valence-electron chi connectivity index (χ4n) is 2.82. The van der Waals surface area contributed by atoms with E-state index in [-0.39, 0.29) is 12.1 Å². The van der Waals surface area contributed by atoms with Crippen LogP contribution in [0.4, 0.5) is 4.79 Å². The second-order valence-corrected chi connectivity index (χ2v) is 5.49. The molecule has 0 aromatic heterocycles. The predicted octanol–water partition coefficient (Wildman–Crippen LogP) is 1.35. The van der Waals surface area contributed by atoms with Crippen LogP contribution in [0.1, 0.15) is 17.9 Å². The molecule has 0 radical (unpaired) electrons. The molecule has 2 aliphatic heterocycles. The number of amides is 2. The predicted molar refractivity (Wildman–Crippen MR) is 74.9 cm³/mol. The number of carbonyl (C=O) groups excluding carboxylic acids is 1. The zero-order valence-electron chi connectivity index (χ0n) is 11.3. The minimum Gasteiger partial charge on any atom is -0.333 e. The molecular formula is C15H18N4O. The molecule has 2 amide bonds. The van der Waals surface area contributed by atoms with Crippen molar-refractivity contribution >= 4 is 6.03 Å². The molecule has 1 N–H and O–H groups in total. The van der Waals surface area contributed by atoms with E-state index >= 15 is 0 Å². The van der Waals surface area contributed by atoms with Crippen molar-refractivity contribution in [1.82, 2.24) is 15.1 Å². The van der Waals surface area contributed by atoms with Crippen LogP contribution in [0.15, 0.2) is 30.3 Å². The molecule has 0 spiro atoms. The van der Waals surface area contributed by atoms with Gasteiger partial charge in [-0.3, -0.25) is 0 Å². The Morgan fingerprint density at radius 1 is 1.25 bits per heavy atom. The highest BCUT2D eigenvalue weighted by molar-refractivity contribution is 5.75. The first-order chi connectivity index (χ1) is 9.76. The molecule has 104 valence electrons. The monoisotopic (exact) mass is 270 g/mol. The standard InChI is InChI=1S/C15H18N4O/c16-11-18-7-6-14(10-18)17-15(20)19-8-13(9-19)12-4-2-1-3-5-12/h1-5,13-14H,6-10H2,(H,17,20)/t14-/m1/s1. The van der Waals surface area contributed by atoms with Gasteiger partial charge in [-0.25, -0.2) is 4.79 Å². The van der Waals surface area contributed by atoms with E-state index in [2.05, 4.69) is 23.6 Å². The van der Waals surface area contributed by atoms with Gasteiger partial charge in [-0.1, -0.05) is 30.3 Å². The van der Waals surface area contributed by atoms with Gasteiger partial charge < -0.3 is 15.1 Å². The van der Waals surface area contributed by atoms with E-state index in [1.807, 2.05) is 23.1 Å². The van der Waals surface area contributed by atoms with Crippen LogP contribution in [0.3, 0.4) is 0 Å². The Morgan fingerprint density at radius 2 is 2.00 bits per heavy atom.